The van der Waals surface area contributed by atoms with Crippen molar-refractivity contribution in [2.45, 2.75) is 19.4 Å². The molecule has 2 aromatic rings. The monoisotopic (exact) mass is 375 g/mol. The molecule has 2 N–H and O–H groups in total. The van der Waals surface area contributed by atoms with Crippen molar-refractivity contribution in [3.8, 4) is 17.2 Å². The lowest BCUT2D eigenvalue weighted by Crippen LogP contribution is -2.30. The van der Waals surface area contributed by atoms with Crippen molar-refractivity contribution in [3.63, 3.8) is 0 Å². The summed E-state index contributed by atoms with van der Waals surface area (Å²) in [6.07, 6.45) is 0.00957. The van der Waals surface area contributed by atoms with Crippen LogP contribution >= 0.6 is 0 Å². The molecule has 8 heteroatoms. The zero-order valence-corrected chi connectivity index (χ0v) is 16.0. The Hall–Kier alpha value is -2.74. The van der Waals surface area contributed by atoms with Crippen LogP contribution in [0.4, 0.5) is 0 Å². The first kappa shape index (κ1) is 19.0. The van der Waals surface area contributed by atoms with E-state index in [2.05, 4.69) is 10.2 Å². The van der Waals surface area contributed by atoms with Gasteiger partial charge in [-0.3, -0.25) is 9.89 Å². The van der Waals surface area contributed by atoms with Crippen LogP contribution in [0.1, 0.15) is 21.7 Å². The molecule has 27 heavy (non-hydrogen) atoms. The number of aromatic nitrogens is 2. The number of nitrogens with zero attached hydrogens (tertiary/aromatic N) is 2. The Labute approximate surface area is 158 Å². The van der Waals surface area contributed by atoms with Gasteiger partial charge in [-0.1, -0.05) is 0 Å². The fourth-order valence-corrected chi connectivity index (χ4v) is 3.43. The molecule has 0 bridgehead atoms. The van der Waals surface area contributed by atoms with Gasteiger partial charge in [0.2, 0.25) is 0 Å². The van der Waals surface area contributed by atoms with Gasteiger partial charge in [-0.05, 0) is 19.4 Å². The van der Waals surface area contributed by atoms with E-state index in [4.69, 9.17) is 14.2 Å². The van der Waals surface area contributed by atoms with Crippen molar-refractivity contribution in [1.82, 2.24) is 15.1 Å². The maximum atomic E-state index is 13.1. The molecule has 1 fully saturated rings. The molecule has 1 aromatic carbocycles. The number of aromatic amines is 1. The van der Waals surface area contributed by atoms with E-state index in [1.807, 2.05) is 13.0 Å². The molecule has 0 aliphatic carbocycles. The summed E-state index contributed by atoms with van der Waals surface area (Å²) >= 11 is 0. The van der Waals surface area contributed by atoms with Crippen molar-refractivity contribution in [2.75, 3.05) is 34.4 Å². The number of H-pyrrole nitrogens is 1. The standard InChI is InChI=1S/C19H25N3O5/c1-11-5-13(21-20-11)6-12-9-22(10-15(12)23)19(24)14-7-17(26-3)18(27-4)8-16(14)25-2/h5,7-8,12,15,23H,6,9-10H2,1-4H3,(H,20,21)/t12-,15+/m1/s1. The highest BCUT2D eigenvalue weighted by molar-refractivity contribution is 5.98. The molecular formula is C19H25N3O5. The number of β-amino-alcohol motifs (C(OH)–C–C–N with tert-alkyl or cyclic N) is 1. The number of nitrogens with one attached hydrogen (secondary N) is 1. The third kappa shape index (κ3) is 3.85. The topological polar surface area (TPSA) is 96.9 Å². The van der Waals surface area contributed by atoms with Gasteiger partial charge in [0, 0.05) is 36.8 Å². The minimum absolute atomic E-state index is 0.0669. The predicted molar refractivity (Wildman–Crippen MR) is 98.5 cm³/mol. The molecule has 0 radical (unpaired) electrons. The Morgan fingerprint density at radius 3 is 2.41 bits per heavy atom. The lowest BCUT2D eigenvalue weighted by atomic mass is 10.00. The summed E-state index contributed by atoms with van der Waals surface area (Å²) in [7, 11) is 4.54. The molecule has 2 atom stereocenters. The number of aryl methyl sites for hydroxylation is 1. The highest BCUT2D eigenvalue weighted by Crippen LogP contribution is 2.36. The van der Waals surface area contributed by atoms with Gasteiger partial charge in [-0.25, -0.2) is 0 Å². The normalized spacial score (nSPS) is 19.2. The minimum Gasteiger partial charge on any atom is -0.496 e. The summed E-state index contributed by atoms with van der Waals surface area (Å²) in [6, 6.07) is 5.19. The van der Waals surface area contributed by atoms with Crippen LogP contribution < -0.4 is 14.2 Å². The van der Waals surface area contributed by atoms with E-state index in [0.717, 1.165) is 11.4 Å². The quantitative estimate of drug-likeness (QED) is 0.793. The number of amides is 1. The van der Waals surface area contributed by atoms with Gasteiger partial charge in [0.1, 0.15) is 5.75 Å². The molecule has 1 amide bonds. The van der Waals surface area contributed by atoms with Crippen LogP contribution in [0.3, 0.4) is 0 Å². The van der Waals surface area contributed by atoms with Crippen LogP contribution in [-0.4, -0.2) is 66.6 Å². The van der Waals surface area contributed by atoms with E-state index in [9.17, 15) is 9.90 Å². The number of aliphatic hydroxyl groups excluding tert-OH is 1. The molecule has 1 aromatic heterocycles. The van der Waals surface area contributed by atoms with Crippen LogP contribution in [0, 0.1) is 12.8 Å². The second-order valence-corrected chi connectivity index (χ2v) is 6.69. The second kappa shape index (κ2) is 7.87. The lowest BCUT2D eigenvalue weighted by Gasteiger charge is -2.19. The average Bonchev–Trinajstić information content (AvgIpc) is 3.25. The molecule has 146 valence electrons. The number of benzene rings is 1. The fraction of sp³-hybridized carbons (Fsp3) is 0.474. The van der Waals surface area contributed by atoms with Crippen molar-refractivity contribution >= 4 is 5.91 Å². The smallest absolute Gasteiger partial charge is 0.257 e. The number of rotatable bonds is 6. The SMILES string of the molecule is COc1cc(OC)c(C(=O)N2C[C@@H](Cc3cc(C)[nH]n3)[C@@H](O)C2)cc1OC. The zero-order chi connectivity index (χ0) is 19.6. The Morgan fingerprint density at radius 2 is 1.81 bits per heavy atom. The number of hydrogen-bond acceptors (Lipinski definition) is 6. The minimum atomic E-state index is -0.600. The van der Waals surface area contributed by atoms with Crippen LogP contribution in [0.25, 0.3) is 0 Å². The van der Waals surface area contributed by atoms with Gasteiger partial charge < -0.3 is 24.2 Å². The predicted octanol–water partition coefficient (Wildman–Crippen LogP) is 1.42. The Kier molecular flexibility index (Phi) is 5.55. The van der Waals surface area contributed by atoms with Gasteiger partial charge in [0.05, 0.1) is 38.7 Å². The third-order valence-corrected chi connectivity index (χ3v) is 4.86. The molecular weight excluding hydrogens is 350 g/mol. The highest BCUT2D eigenvalue weighted by atomic mass is 16.5. The zero-order valence-electron chi connectivity index (χ0n) is 16.0. The number of methoxy groups -OCH3 is 3. The number of likely N-dealkylation sites (tertiary alicyclic amines) is 1. The van der Waals surface area contributed by atoms with Crippen LogP contribution in [0.2, 0.25) is 0 Å². The maximum Gasteiger partial charge on any atom is 0.257 e. The van der Waals surface area contributed by atoms with E-state index in [-0.39, 0.29) is 18.4 Å². The maximum absolute atomic E-state index is 13.1. The Morgan fingerprint density at radius 1 is 1.15 bits per heavy atom. The molecule has 1 aliphatic heterocycles. The number of hydrogen-bond donors (Lipinski definition) is 2. The fourth-order valence-electron chi connectivity index (χ4n) is 3.43. The molecule has 1 aliphatic rings. The summed E-state index contributed by atoms with van der Waals surface area (Å²) in [4.78, 5) is 14.7. The lowest BCUT2D eigenvalue weighted by molar-refractivity contribution is 0.0761. The number of carbonyl (C=O) groups is 1. The summed E-state index contributed by atoms with van der Waals surface area (Å²) in [5.74, 6) is 1.05. The first-order valence-corrected chi connectivity index (χ1v) is 8.75. The molecule has 1 saturated heterocycles. The molecule has 2 heterocycles. The van der Waals surface area contributed by atoms with E-state index < -0.39 is 6.10 Å². The molecule has 8 nitrogen and oxygen atoms in total. The largest absolute Gasteiger partial charge is 0.496 e. The van der Waals surface area contributed by atoms with Gasteiger partial charge in [-0.2, -0.15) is 5.10 Å². The van der Waals surface area contributed by atoms with E-state index in [1.54, 1.807) is 17.0 Å². The van der Waals surface area contributed by atoms with Gasteiger partial charge in [0.25, 0.3) is 5.91 Å². The third-order valence-electron chi connectivity index (χ3n) is 4.86. The van der Waals surface area contributed by atoms with Crippen molar-refractivity contribution in [3.05, 3.63) is 35.2 Å². The Balaban J connectivity index is 1.79. The second-order valence-electron chi connectivity index (χ2n) is 6.69. The van der Waals surface area contributed by atoms with Crippen LogP contribution in [0.15, 0.2) is 18.2 Å². The van der Waals surface area contributed by atoms with Gasteiger partial charge in [0.15, 0.2) is 11.5 Å². The number of aliphatic hydroxyl groups is 1. The summed E-state index contributed by atoms with van der Waals surface area (Å²) in [5, 5.41) is 17.5. The molecule has 0 saturated carbocycles. The van der Waals surface area contributed by atoms with Crippen LogP contribution in [-0.2, 0) is 6.42 Å². The first-order chi connectivity index (χ1) is 13.0. The van der Waals surface area contributed by atoms with Gasteiger partial charge in [-0.15, -0.1) is 0 Å². The number of ether oxygens (including phenoxy) is 3. The molecule has 0 spiro atoms. The van der Waals surface area contributed by atoms with Crippen molar-refractivity contribution in [1.29, 1.82) is 0 Å². The summed E-state index contributed by atoms with van der Waals surface area (Å²) in [5.41, 5.74) is 2.23. The molecule has 0 unspecified atom stereocenters. The van der Waals surface area contributed by atoms with E-state index >= 15 is 0 Å². The van der Waals surface area contributed by atoms with Gasteiger partial charge >= 0.3 is 0 Å². The average molecular weight is 375 g/mol. The van der Waals surface area contributed by atoms with E-state index in [1.165, 1.54) is 21.3 Å². The first-order valence-electron chi connectivity index (χ1n) is 8.75. The highest BCUT2D eigenvalue weighted by Gasteiger charge is 2.36. The van der Waals surface area contributed by atoms with E-state index in [0.29, 0.717) is 35.8 Å². The van der Waals surface area contributed by atoms with Crippen molar-refractivity contribution < 1.29 is 24.1 Å². The Bertz CT molecular complexity index is 820. The summed E-state index contributed by atoms with van der Waals surface area (Å²) < 4.78 is 15.9. The summed E-state index contributed by atoms with van der Waals surface area (Å²) in [6.45, 7) is 2.65. The van der Waals surface area contributed by atoms with Crippen LogP contribution in [0.5, 0.6) is 17.2 Å². The number of carbonyl (C=O) groups excluding carboxylic acids is 1. The van der Waals surface area contributed by atoms with Crippen molar-refractivity contribution in [2.24, 2.45) is 5.92 Å². The molecule has 3 rings (SSSR count).